The van der Waals surface area contributed by atoms with Crippen molar-refractivity contribution in [2.24, 2.45) is 5.92 Å². The van der Waals surface area contributed by atoms with Crippen molar-refractivity contribution in [3.63, 3.8) is 0 Å². The highest BCUT2D eigenvalue weighted by atomic mass is 32.2. The zero-order valence-electron chi connectivity index (χ0n) is 11.6. The Hall–Kier alpha value is -0.220. The monoisotopic (exact) mass is 270 g/mol. The summed E-state index contributed by atoms with van der Waals surface area (Å²) in [6.45, 7) is 5.76. The van der Waals surface area contributed by atoms with Crippen LogP contribution in [0, 0.1) is 5.92 Å². The first-order chi connectivity index (χ1) is 8.79. The van der Waals surface area contributed by atoms with E-state index in [0.29, 0.717) is 5.91 Å². The molecule has 2 fully saturated rings. The summed E-state index contributed by atoms with van der Waals surface area (Å²) in [7, 11) is 0. The minimum atomic E-state index is 0.371. The number of carbonyl (C=O) groups excluding carboxylic acids is 1. The fourth-order valence-corrected chi connectivity index (χ4v) is 3.50. The number of piperidine rings is 1. The van der Waals surface area contributed by atoms with Gasteiger partial charge in [0.2, 0.25) is 5.91 Å². The average molecular weight is 270 g/mol. The molecule has 0 aromatic carbocycles. The summed E-state index contributed by atoms with van der Waals surface area (Å²) >= 11 is 1.77. The van der Waals surface area contributed by atoms with Gasteiger partial charge in [-0.25, -0.2) is 0 Å². The minimum Gasteiger partial charge on any atom is -0.342 e. The van der Waals surface area contributed by atoms with Crippen molar-refractivity contribution in [3.8, 4) is 0 Å². The third-order valence-electron chi connectivity index (χ3n) is 4.11. The number of likely N-dealkylation sites (tertiary alicyclic amines) is 2. The normalized spacial score (nSPS) is 25.6. The summed E-state index contributed by atoms with van der Waals surface area (Å²) in [4.78, 5) is 16.7. The summed E-state index contributed by atoms with van der Waals surface area (Å²) < 4.78 is 0. The Bertz CT molecular complexity index is 267. The van der Waals surface area contributed by atoms with Crippen molar-refractivity contribution in [3.05, 3.63) is 0 Å². The number of thioether (sulfide) groups is 1. The average Bonchev–Trinajstić information content (AvgIpc) is 2.89. The molecule has 3 nitrogen and oxygen atoms in total. The Kier molecular flexibility index (Phi) is 5.83. The van der Waals surface area contributed by atoms with Crippen molar-refractivity contribution in [1.82, 2.24) is 9.80 Å². The molecule has 2 aliphatic rings. The van der Waals surface area contributed by atoms with Gasteiger partial charge in [0.15, 0.2) is 0 Å². The van der Waals surface area contributed by atoms with E-state index < -0.39 is 0 Å². The maximum Gasteiger partial charge on any atom is 0.223 e. The highest BCUT2D eigenvalue weighted by molar-refractivity contribution is 7.98. The van der Waals surface area contributed by atoms with Crippen molar-refractivity contribution >= 4 is 17.7 Å². The van der Waals surface area contributed by atoms with Crippen LogP contribution >= 0.6 is 11.8 Å². The maximum absolute atomic E-state index is 12.0. The van der Waals surface area contributed by atoms with E-state index in [4.69, 9.17) is 0 Å². The highest BCUT2D eigenvalue weighted by Crippen LogP contribution is 2.20. The Labute approximate surface area is 115 Å². The molecule has 0 aliphatic carbocycles. The molecular weight excluding hydrogens is 244 g/mol. The number of carbonyl (C=O) groups is 1. The van der Waals surface area contributed by atoms with Gasteiger partial charge in [-0.3, -0.25) is 4.79 Å². The van der Waals surface area contributed by atoms with Gasteiger partial charge in [-0.15, -0.1) is 0 Å². The van der Waals surface area contributed by atoms with Crippen molar-refractivity contribution in [2.75, 3.05) is 44.7 Å². The summed E-state index contributed by atoms with van der Waals surface area (Å²) in [5, 5.41) is 0. The Morgan fingerprint density at radius 3 is 2.72 bits per heavy atom. The molecule has 2 saturated heterocycles. The van der Waals surface area contributed by atoms with Crippen molar-refractivity contribution in [1.29, 1.82) is 0 Å². The molecule has 104 valence electrons. The van der Waals surface area contributed by atoms with Crippen LogP contribution in [-0.4, -0.2) is 60.4 Å². The topological polar surface area (TPSA) is 23.6 Å². The van der Waals surface area contributed by atoms with Crippen LogP contribution < -0.4 is 0 Å². The smallest absolute Gasteiger partial charge is 0.223 e. The molecule has 0 radical (unpaired) electrons. The SMILES string of the molecule is CSCCC(=O)N1CCCC(CN2CCCC2)C1. The van der Waals surface area contributed by atoms with E-state index in [1.165, 1.54) is 45.3 Å². The first-order valence-electron chi connectivity index (χ1n) is 7.28. The van der Waals surface area contributed by atoms with Gasteiger partial charge in [0, 0.05) is 31.8 Å². The third kappa shape index (κ3) is 4.16. The van der Waals surface area contributed by atoms with Gasteiger partial charge in [-0.05, 0) is 50.9 Å². The summed E-state index contributed by atoms with van der Waals surface area (Å²) in [5.74, 6) is 2.05. The Morgan fingerprint density at radius 1 is 1.22 bits per heavy atom. The van der Waals surface area contributed by atoms with E-state index in [-0.39, 0.29) is 0 Å². The molecule has 0 aromatic rings. The fraction of sp³-hybridized carbons (Fsp3) is 0.929. The van der Waals surface area contributed by atoms with Gasteiger partial charge in [0.05, 0.1) is 0 Å². The van der Waals surface area contributed by atoms with E-state index in [9.17, 15) is 4.79 Å². The third-order valence-corrected chi connectivity index (χ3v) is 4.72. The lowest BCUT2D eigenvalue weighted by atomic mass is 9.97. The number of hydrogen-bond donors (Lipinski definition) is 0. The van der Waals surface area contributed by atoms with E-state index in [2.05, 4.69) is 16.1 Å². The molecule has 0 spiro atoms. The predicted octanol–water partition coefficient (Wildman–Crippen LogP) is 2.07. The van der Waals surface area contributed by atoms with Crippen LogP contribution in [0.2, 0.25) is 0 Å². The van der Waals surface area contributed by atoms with Gasteiger partial charge in [-0.1, -0.05) is 0 Å². The molecule has 18 heavy (non-hydrogen) atoms. The number of hydrogen-bond acceptors (Lipinski definition) is 3. The summed E-state index contributed by atoms with van der Waals surface area (Å²) in [6, 6.07) is 0. The molecule has 0 aromatic heterocycles. The van der Waals surface area contributed by atoms with Gasteiger partial charge in [0.25, 0.3) is 0 Å². The van der Waals surface area contributed by atoms with E-state index >= 15 is 0 Å². The number of nitrogens with zero attached hydrogens (tertiary/aromatic N) is 2. The fourth-order valence-electron chi connectivity index (χ4n) is 3.12. The highest BCUT2D eigenvalue weighted by Gasteiger charge is 2.25. The van der Waals surface area contributed by atoms with E-state index in [1.54, 1.807) is 11.8 Å². The zero-order chi connectivity index (χ0) is 12.8. The lowest BCUT2D eigenvalue weighted by Gasteiger charge is -2.34. The van der Waals surface area contributed by atoms with Gasteiger partial charge < -0.3 is 9.80 Å². The van der Waals surface area contributed by atoms with E-state index in [0.717, 1.165) is 31.2 Å². The van der Waals surface area contributed by atoms with Crippen LogP contribution in [0.15, 0.2) is 0 Å². The Balaban J connectivity index is 1.74. The quantitative estimate of drug-likeness (QED) is 0.764. The molecule has 2 aliphatic heterocycles. The Morgan fingerprint density at radius 2 is 2.00 bits per heavy atom. The standard InChI is InChI=1S/C14H26N2OS/c1-18-10-6-14(17)16-9-4-5-13(12-16)11-15-7-2-3-8-15/h13H,2-12H2,1H3. The second-order valence-corrected chi connectivity index (χ2v) is 6.58. The van der Waals surface area contributed by atoms with Crippen LogP contribution in [-0.2, 0) is 4.79 Å². The molecule has 0 saturated carbocycles. The van der Waals surface area contributed by atoms with Crippen LogP contribution in [0.1, 0.15) is 32.1 Å². The summed E-state index contributed by atoms with van der Waals surface area (Å²) in [6.07, 6.45) is 8.02. The number of rotatable bonds is 5. The van der Waals surface area contributed by atoms with Gasteiger partial charge in [0.1, 0.15) is 0 Å². The molecule has 1 unspecified atom stereocenters. The lowest BCUT2D eigenvalue weighted by Crippen LogP contribution is -2.43. The van der Waals surface area contributed by atoms with Crippen LogP contribution in [0.4, 0.5) is 0 Å². The molecule has 2 rings (SSSR count). The van der Waals surface area contributed by atoms with Crippen LogP contribution in [0.25, 0.3) is 0 Å². The molecule has 4 heteroatoms. The molecule has 1 atom stereocenters. The first-order valence-corrected chi connectivity index (χ1v) is 8.68. The van der Waals surface area contributed by atoms with Gasteiger partial charge >= 0.3 is 0 Å². The molecule has 0 bridgehead atoms. The second kappa shape index (κ2) is 7.39. The molecule has 2 heterocycles. The van der Waals surface area contributed by atoms with Crippen LogP contribution in [0.5, 0.6) is 0 Å². The maximum atomic E-state index is 12.0. The lowest BCUT2D eigenvalue weighted by molar-refractivity contribution is -0.132. The number of amides is 1. The molecular formula is C14H26N2OS. The largest absolute Gasteiger partial charge is 0.342 e. The predicted molar refractivity (Wildman–Crippen MR) is 78.0 cm³/mol. The first kappa shape index (κ1) is 14.2. The summed E-state index contributed by atoms with van der Waals surface area (Å²) in [5.41, 5.74) is 0. The zero-order valence-corrected chi connectivity index (χ0v) is 12.4. The minimum absolute atomic E-state index is 0.371. The van der Waals surface area contributed by atoms with Gasteiger partial charge in [-0.2, -0.15) is 11.8 Å². The van der Waals surface area contributed by atoms with E-state index in [1.807, 2.05) is 0 Å². The molecule has 1 amide bonds. The van der Waals surface area contributed by atoms with Crippen molar-refractivity contribution < 1.29 is 4.79 Å². The van der Waals surface area contributed by atoms with Crippen LogP contribution in [0.3, 0.4) is 0 Å². The molecule has 0 N–H and O–H groups in total. The second-order valence-electron chi connectivity index (χ2n) is 5.60. The van der Waals surface area contributed by atoms with Crippen molar-refractivity contribution in [2.45, 2.75) is 32.1 Å².